The molecule has 0 spiro atoms. The first kappa shape index (κ1) is 18.5. The van der Waals surface area contributed by atoms with Crippen molar-refractivity contribution < 1.29 is 14.4 Å². The highest BCUT2D eigenvalue weighted by Gasteiger charge is 2.19. The van der Waals surface area contributed by atoms with Crippen molar-refractivity contribution in [2.75, 3.05) is 40.4 Å². The average Bonchev–Trinajstić information content (AvgIpc) is 2.69. The van der Waals surface area contributed by atoms with Gasteiger partial charge in [0.1, 0.15) is 18.0 Å². The van der Waals surface area contributed by atoms with Crippen LogP contribution in [0.25, 0.3) is 0 Å². The number of quaternary nitrogens is 1. The Hall–Kier alpha value is -2.24. The van der Waals surface area contributed by atoms with Crippen LogP contribution in [0, 0.1) is 0 Å². The molecule has 1 saturated heterocycles. The minimum atomic E-state index is 0.789. The summed E-state index contributed by atoms with van der Waals surface area (Å²) in [6.07, 6.45) is 1.85. The van der Waals surface area contributed by atoms with Gasteiger partial charge < -0.3 is 14.4 Å². The predicted octanol–water partition coefficient (Wildman–Crippen LogP) is 2.09. The second kappa shape index (κ2) is 8.92. The number of nitrogens with zero attached hydrogens (tertiary/aromatic N) is 2. The van der Waals surface area contributed by atoms with Gasteiger partial charge in [-0.05, 0) is 24.3 Å². The Morgan fingerprint density at radius 1 is 1.12 bits per heavy atom. The Kier molecular flexibility index (Phi) is 6.36. The summed E-state index contributed by atoms with van der Waals surface area (Å²) in [5.41, 5.74) is 2.12. The van der Waals surface area contributed by atoms with Crippen molar-refractivity contribution in [2.45, 2.75) is 6.54 Å². The summed E-state index contributed by atoms with van der Waals surface area (Å²) in [5.74, 6) is 1.58. The van der Waals surface area contributed by atoms with Crippen LogP contribution in [0.15, 0.2) is 47.6 Å². The fourth-order valence-electron chi connectivity index (χ4n) is 3.10. The number of methoxy groups -OCH3 is 2. The highest BCUT2D eigenvalue weighted by atomic mass is 35.5. The quantitative estimate of drug-likeness (QED) is 0.787. The maximum atomic E-state index is 6.27. The third kappa shape index (κ3) is 4.68. The van der Waals surface area contributed by atoms with Crippen molar-refractivity contribution in [3.63, 3.8) is 0 Å². The van der Waals surface area contributed by atoms with Gasteiger partial charge in [0.15, 0.2) is 0 Å². The molecule has 0 amide bonds. The number of piperazine rings is 1. The van der Waals surface area contributed by atoms with Crippen LogP contribution in [0.4, 0.5) is 0 Å². The normalized spacial score (nSPS) is 15.4. The smallest absolute Gasteiger partial charge is 0.127 e. The second-order valence-electron chi connectivity index (χ2n) is 6.32. The molecule has 1 heterocycles. The molecule has 2 aromatic carbocycles. The Morgan fingerprint density at radius 3 is 2.58 bits per heavy atom. The molecule has 0 saturated carbocycles. The number of hydrogen-bond acceptors (Lipinski definition) is 4. The molecule has 1 fully saturated rings. The number of benzene rings is 2. The molecule has 138 valence electrons. The van der Waals surface area contributed by atoms with E-state index in [-0.39, 0.29) is 0 Å². The molecule has 0 atom stereocenters. The first-order valence-electron chi connectivity index (χ1n) is 8.77. The minimum Gasteiger partial charge on any atom is -0.497 e. The van der Waals surface area contributed by atoms with Crippen LogP contribution in [0.3, 0.4) is 0 Å². The zero-order valence-electron chi connectivity index (χ0n) is 15.2. The van der Waals surface area contributed by atoms with E-state index < -0.39 is 0 Å². The van der Waals surface area contributed by atoms with Gasteiger partial charge >= 0.3 is 0 Å². The summed E-state index contributed by atoms with van der Waals surface area (Å²) in [6, 6.07) is 13.8. The van der Waals surface area contributed by atoms with Crippen LogP contribution in [-0.2, 0) is 6.54 Å². The van der Waals surface area contributed by atoms with Crippen molar-refractivity contribution in [1.29, 1.82) is 0 Å². The average molecular weight is 375 g/mol. The Balaban J connectivity index is 1.57. The number of ether oxygens (including phenoxy) is 2. The Morgan fingerprint density at radius 2 is 1.88 bits per heavy atom. The summed E-state index contributed by atoms with van der Waals surface area (Å²) < 4.78 is 10.7. The van der Waals surface area contributed by atoms with Gasteiger partial charge in [0.2, 0.25) is 0 Å². The first-order chi connectivity index (χ1) is 12.7. The van der Waals surface area contributed by atoms with Gasteiger partial charge in [0, 0.05) is 16.1 Å². The Bertz CT molecular complexity index is 758. The molecular weight excluding hydrogens is 350 g/mol. The molecule has 2 aromatic rings. The molecule has 26 heavy (non-hydrogen) atoms. The van der Waals surface area contributed by atoms with E-state index in [1.165, 1.54) is 10.5 Å². The lowest BCUT2D eigenvalue weighted by Crippen LogP contribution is -3.13. The van der Waals surface area contributed by atoms with Gasteiger partial charge in [-0.15, -0.1) is 0 Å². The first-order valence-corrected chi connectivity index (χ1v) is 9.15. The molecule has 0 radical (unpaired) electrons. The van der Waals surface area contributed by atoms with Crippen LogP contribution >= 0.6 is 11.6 Å². The molecule has 1 aliphatic rings. The standard InChI is InChI=1S/C20H24ClN3O2/c1-25-18-7-8-20(26-2)17(13-18)14-22-24-11-9-23(10-12-24)15-16-5-3-4-6-19(16)21/h3-8,13-14H,9-12,15H2,1-2H3/p+1. The van der Waals surface area contributed by atoms with Gasteiger partial charge in [-0.2, -0.15) is 5.10 Å². The van der Waals surface area contributed by atoms with Gasteiger partial charge in [-0.25, -0.2) is 0 Å². The largest absolute Gasteiger partial charge is 0.497 e. The Labute approximate surface area is 159 Å². The van der Waals surface area contributed by atoms with E-state index >= 15 is 0 Å². The van der Waals surface area contributed by atoms with Gasteiger partial charge in [0.05, 0.1) is 46.6 Å². The minimum absolute atomic E-state index is 0.789. The van der Waals surface area contributed by atoms with Gasteiger partial charge in [0.25, 0.3) is 0 Å². The zero-order valence-corrected chi connectivity index (χ0v) is 16.0. The van der Waals surface area contributed by atoms with Gasteiger partial charge in [-0.3, -0.25) is 5.01 Å². The number of rotatable bonds is 6. The molecule has 0 aliphatic carbocycles. The molecular formula is C20H25ClN3O2+. The van der Waals surface area contributed by atoms with Gasteiger partial charge in [-0.1, -0.05) is 29.8 Å². The van der Waals surface area contributed by atoms with E-state index in [0.29, 0.717) is 0 Å². The number of hydrazone groups is 1. The monoisotopic (exact) mass is 374 g/mol. The summed E-state index contributed by atoms with van der Waals surface area (Å²) >= 11 is 6.27. The van der Waals surface area contributed by atoms with Crippen molar-refractivity contribution in [2.24, 2.45) is 5.10 Å². The van der Waals surface area contributed by atoms with Crippen LogP contribution in [0.2, 0.25) is 5.02 Å². The topological polar surface area (TPSA) is 38.5 Å². The van der Waals surface area contributed by atoms with Crippen molar-refractivity contribution in [1.82, 2.24) is 5.01 Å². The van der Waals surface area contributed by atoms with Crippen LogP contribution in [0.5, 0.6) is 11.5 Å². The second-order valence-corrected chi connectivity index (χ2v) is 6.73. The highest BCUT2D eigenvalue weighted by Crippen LogP contribution is 2.22. The number of nitrogens with one attached hydrogen (secondary N) is 1. The van der Waals surface area contributed by atoms with Crippen LogP contribution < -0.4 is 14.4 Å². The molecule has 6 heteroatoms. The predicted molar refractivity (Wildman–Crippen MR) is 105 cm³/mol. The lowest BCUT2D eigenvalue weighted by molar-refractivity contribution is -0.918. The maximum absolute atomic E-state index is 6.27. The van der Waals surface area contributed by atoms with Crippen molar-refractivity contribution >= 4 is 17.8 Å². The van der Waals surface area contributed by atoms with E-state index in [2.05, 4.69) is 16.2 Å². The van der Waals surface area contributed by atoms with E-state index in [4.69, 9.17) is 21.1 Å². The van der Waals surface area contributed by atoms with E-state index in [1.807, 2.05) is 42.6 Å². The lowest BCUT2D eigenvalue weighted by Gasteiger charge is -2.30. The molecule has 1 aliphatic heterocycles. The van der Waals surface area contributed by atoms with Crippen molar-refractivity contribution in [3.8, 4) is 11.5 Å². The molecule has 3 rings (SSSR count). The molecule has 0 bridgehead atoms. The molecule has 5 nitrogen and oxygen atoms in total. The highest BCUT2D eigenvalue weighted by molar-refractivity contribution is 6.31. The lowest BCUT2D eigenvalue weighted by atomic mass is 10.2. The number of halogens is 1. The van der Waals surface area contributed by atoms with Crippen LogP contribution in [-0.4, -0.2) is 51.6 Å². The van der Waals surface area contributed by atoms with Crippen molar-refractivity contribution in [3.05, 3.63) is 58.6 Å². The van der Waals surface area contributed by atoms with E-state index in [1.54, 1.807) is 14.2 Å². The molecule has 0 aromatic heterocycles. The fourth-order valence-corrected chi connectivity index (χ4v) is 3.30. The fraction of sp³-hybridized carbons (Fsp3) is 0.350. The van der Waals surface area contributed by atoms with Crippen LogP contribution in [0.1, 0.15) is 11.1 Å². The summed E-state index contributed by atoms with van der Waals surface area (Å²) in [6.45, 7) is 4.88. The summed E-state index contributed by atoms with van der Waals surface area (Å²) in [7, 11) is 3.32. The maximum Gasteiger partial charge on any atom is 0.127 e. The molecule has 1 N–H and O–H groups in total. The summed E-state index contributed by atoms with van der Waals surface area (Å²) in [5, 5.41) is 7.59. The summed E-state index contributed by atoms with van der Waals surface area (Å²) in [4.78, 5) is 1.53. The third-order valence-electron chi connectivity index (χ3n) is 4.64. The van der Waals surface area contributed by atoms with E-state index in [9.17, 15) is 0 Å². The SMILES string of the molecule is COc1ccc(OC)c(C=NN2CC[NH+](Cc3ccccc3Cl)CC2)c1. The zero-order chi connectivity index (χ0) is 18.4. The molecule has 0 unspecified atom stereocenters. The third-order valence-corrected chi connectivity index (χ3v) is 5.01. The van der Waals surface area contributed by atoms with E-state index in [0.717, 1.165) is 54.8 Å². The number of hydrogen-bond donors (Lipinski definition) is 1.